The van der Waals surface area contributed by atoms with Gasteiger partial charge in [-0.2, -0.15) is 0 Å². The number of piperazine rings is 1. The number of piperidine rings is 1. The van der Waals surface area contributed by atoms with Crippen LogP contribution >= 0.6 is 0 Å². The standard InChI is InChI=1S/C20H32N4O/c1-17-8-11-24(12-9-17)20(25)7-10-21-18-3-5-19(6-4-18)23-15-13-22(2)14-16-23/h3-6,17,21H,7-16H2,1-2H3. The van der Waals surface area contributed by atoms with Crippen LogP contribution in [0.2, 0.25) is 0 Å². The molecule has 1 aromatic rings. The fraction of sp³-hybridized carbons (Fsp3) is 0.650. The van der Waals surface area contributed by atoms with Crippen LogP contribution in [-0.2, 0) is 4.79 Å². The van der Waals surface area contributed by atoms with Gasteiger partial charge in [0.05, 0.1) is 0 Å². The number of carbonyl (C=O) groups is 1. The van der Waals surface area contributed by atoms with Gasteiger partial charge in [-0.15, -0.1) is 0 Å². The van der Waals surface area contributed by atoms with Crippen molar-refractivity contribution in [2.75, 3.05) is 63.1 Å². The van der Waals surface area contributed by atoms with E-state index in [0.29, 0.717) is 13.0 Å². The third-order valence-corrected chi connectivity index (χ3v) is 5.54. The molecule has 0 bridgehead atoms. The normalized spacial score (nSPS) is 19.9. The van der Waals surface area contributed by atoms with Gasteiger partial charge in [0.1, 0.15) is 0 Å². The van der Waals surface area contributed by atoms with Crippen LogP contribution in [0.1, 0.15) is 26.2 Å². The molecule has 0 aromatic heterocycles. The molecule has 0 saturated carbocycles. The molecule has 1 N–H and O–H groups in total. The van der Waals surface area contributed by atoms with Crippen LogP contribution in [0, 0.1) is 5.92 Å². The molecule has 1 aromatic carbocycles. The van der Waals surface area contributed by atoms with E-state index < -0.39 is 0 Å². The Labute approximate surface area is 152 Å². The van der Waals surface area contributed by atoms with E-state index in [0.717, 1.165) is 63.7 Å². The van der Waals surface area contributed by atoms with Gasteiger partial charge < -0.3 is 20.0 Å². The van der Waals surface area contributed by atoms with E-state index in [1.807, 2.05) is 4.90 Å². The smallest absolute Gasteiger partial charge is 0.224 e. The maximum atomic E-state index is 12.3. The number of rotatable bonds is 5. The van der Waals surface area contributed by atoms with Crippen molar-refractivity contribution in [1.82, 2.24) is 9.80 Å². The summed E-state index contributed by atoms with van der Waals surface area (Å²) >= 11 is 0. The number of amides is 1. The van der Waals surface area contributed by atoms with Crippen molar-refractivity contribution < 1.29 is 4.79 Å². The molecular formula is C20H32N4O. The number of benzene rings is 1. The van der Waals surface area contributed by atoms with Crippen LogP contribution in [0.15, 0.2) is 24.3 Å². The van der Waals surface area contributed by atoms with Gasteiger partial charge in [0, 0.05) is 63.6 Å². The van der Waals surface area contributed by atoms with Gasteiger partial charge in [0.15, 0.2) is 0 Å². The summed E-state index contributed by atoms with van der Waals surface area (Å²) in [5.41, 5.74) is 2.38. The fourth-order valence-corrected chi connectivity index (χ4v) is 3.58. The van der Waals surface area contributed by atoms with Crippen LogP contribution in [0.25, 0.3) is 0 Å². The maximum absolute atomic E-state index is 12.3. The van der Waals surface area contributed by atoms with Crippen molar-refractivity contribution in [3.05, 3.63) is 24.3 Å². The molecule has 138 valence electrons. The lowest BCUT2D eigenvalue weighted by Crippen LogP contribution is -2.44. The Morgan fingerprint density at radius 3 is 2.32 bits per heavy atom. The number of carbonyl (C=O) groups excluding carboxylic acids is 1. The zero-order chi connectivity index (χ0) is 17.6. The molecule has 0 radical (unpaired) electrons. The van der Waals surface area contributed by atoms with E-state index in [-0.39, 0.29) is 5.91 Å². The number of hydrogen-bond acceptors (Lipinski definition) is 4. The molecule has 2 fully saturated rings. The first-order valence-electron chi connectivity index (χ1n) is 9.67. The van der Waals surface area contributed by atoms with E-state index in [9.17, 15) is 4.79 Å². The van der Waals surface area contributed by atoms with Crippen molar-refractivity contribution in [2.24, 2.45) is 5.92 Å². The third-order valence-electron chi connectivity index (χ3n) is 5.54. The van der Waals surface area contributed by atoms with E-state index in [2.05, 4.69) is 53.4 Å². The molecule has 2 aliphatic rings. The summed E-state index contributed by atoms with van der Waals surface area (Å²) in [5, 5.41) is 3.39. The Hall–Kier alpha value is -1.75. The van der Waals surface area contributed by atoms with E-state index >= 15 is 0 Å². The average Bonchev–Trinajstić information content (AvgIpc) is 2.63. The number of anilines is 2. The van der Waals surface area contributed by atoms with Gasteiger partial charge >= 0.3 is 0 Å². The monoisotopic (exact) mass is 344 g/mol. The molecule has 0 unspecified atom stereocenters. The van der Waals surface area contributed by atoms with E-state index in [1.54, 1.807) is 0 Å². The topological polar surface area (TPSA) is 38.8 Å². The largest absolute Gasteiger partial charge is 0.385 e. The van der Waals surface area contributed by atoms with Crippen LogP contribution in [0.4, 0.5) is 11.4 Å². The van der Waals surface area contributed by atoms with Gasteiger partial charge in [0.25, 0.3) is 0 Å². The predicted octanol–water partition coefficient (Wildman–Crippen LogP) is 2.50. The molecular weight excluding hydrogens is 312 g/mol. The maximum Gasteiger partial charge on any atom is 0.224 e. The Bertz CT molecular complexity index is 543. The molecule has 2 aliphatic heterocycles. The van der Waals surface area contributed by atoms with Crippen LogP contribution in [0.5, 0.6) is 0 Å². The van der Waals surface area contributed by atoms with Crippen LogP contribution in [0.3, 0.4) is 0 Å². The van der Waals surface area contributed by atoms with E-state index in [1.165, 1.54) is 5.69 Å². The fourth-order valence-electron chi connectivity index (χ4n) is 3.58. The first-order chi connectivity index (χ1) is 12.1. The number of likely N-dealkylation sites (tertiary alicyclic amines) is 1. The summed E-state index contributed by atoms with van der Waals surface area (Å²) in [6.45, 7) is 9.26. The number of nitrogens with one attached hydrogen (secondary N) is 1. The summed E-state index contributed by atoms with van der Waals surface area (Å²) in [5.74, 6) is 1.05. The van der Waals surface area contributed by atoms with Gasteiger partial charge in [-0.05, 0) is 50.1 Å². The molecule has 25 heavy (non-hydrogen) atoms. The average molecular weight is 345 g/mol. The molecule has 0 atom stereocenters. The number of hydrogen-bond donors (Lipinski definition) is 1. The second-order valence-electron chi connectivity index (χ2n) is 7.58. The summed E-state index contributed by atoms with van der Waals surface area (Å²) in [7, 11) is 2.18. The van der Waals surface area contributed by atoms with Gasteiger partial charge in [0.2, 0.25) is 5.91 Å². The Morgan fingerprint density at radius 1 is 1.04 bits per heavy atom. The first-order valence-corrected chi connectivity index (χ1v) is 9.67. The Balaban J connectivity index is 1.40. The van der Waals surface area contributed by atoms with Crippen LogP contribution < -0.4 is 10.2 Å². The van der Waals surface area contributed by atoms with Crippen LogP contribution in [-0.4, -0.2) is 68.6 Å². The number of likely N-dealkylation sites (N-methyl/N-ethyl adjacent to an activating group) is 1. The summed E-state index contributed by atoms with van der Waals surface area (Å²) in [6.07, 6.45) is 2.87. The second kappa shape index (κ2) is 8.56. The highest BCUT2D eigenvalue weighted by Gasteiger charge is 2.19. The number of nitrogens with zero attached hydrogens (tertiary/aromatic N) is 3. The lowest BCUT2D eigenvalue weighted by molar-refractivity contribution is -0.132. The molecule has 1 amide bonds. The lowest BCUT2D eigenvalue weighted by atomic mass is 9.99. The summed E-state index contributed by atoms with van der Waals surface area (Å²) in [6, 6.07) is 8.62. The second-order valence-corrected chi connectivity index (χ2v) is 7.58. The SMILES string of the molecule is CC1CCN(C(=O)CCNc2ccc(N3CCN(C)CC3)cc2)CC1. The minimum Gasteiger partial charge on any atom is -0.385 e. The molecule has 5 nitrogen and oxygen atoms in total. The highest BCUT2D eigenvalue weighted by Crippen LogP contribution is 2.20. The molecule has 2 saturated heterocycles. The molecule has 0 aliphatic carbocycles. The molecule has 3 rings (SSSR count). The first kappa shape index (κ1) is 18.1. The van der Waals surface area contributed by atoms with Crippen molar-refractivity contribution in [3.8, 4) is 0 Å². The lowest BCUT2D eigenvalue weighted by Gasteiger charge is -2.34. The van der Waals surface area contributed by atoms with Crippen molar-refractivity contribution >= 4 is 17.3 Å². The predicted molar refractivity (Wildman–Crippen MR) is 104 cm³/mol. The molecule has 0 spiro atoms. The quantitative estimate of drug-likeness (QED) is 0.891. The molecule has 2 heterocycles. The highest BCUT2D eigenvalue weighted by molar-refractivity contribution is 5.76. The van der Waals surface area contributed by atoms with Crippen molar-refractivity contribution in [2.45, 2.75) is 26.2 Å². The van der Waals surface area contributed by atoms with E-state index in [4.69, 9.17) is 0 Å². The zero-order valence-electron chi connectivity index (χ0n) is 15.7. The van der Waals surface area contributed by atoms with Gasteiger partial charge in [-0.1, -0.05) is 6.92 Å². The Morgan fingerprint density at radius 2 is 1.68 bits per heavy atom. The third kappa shape index (κ3) is 5.11. The molecule has 5 heteroatoms. The van der Waals surface area contributed by atoms with Crippen molar-refractivity contribution in [1.29, 1.82) is 0 Å². The minimum absolute atomic E-state index is 0.286. The summed E-state index contributed by atoms with van der Waals surface area (Å²) in [4.78, 5) is 19.1. The summed E-state index contributed by atoms with van der Waals surface area (Å²) < 4.78 is 0. The van der Waals surface area contributed by atoms with Gasteiger partial charge in [-0.25, -0.2) is 0 Å². The van der Waals surface area contributed by atoms with Gasteiger partial charge in [-0.3, -0.25) is 4.79 Å². The minimum atomic E-state index is 0.286. The Kier molecular flexibility index (Phi) is 6.19. The zero-order valence-corrected chi connectivity index (χ0v) is 15.7. The highest BCUT2D eigenvalue weighted by atomic mass is 16.2. The van der Waals surface area contributed by atoms with Crippen molar-refractivity contribution in [3.63, 3.8) is 0 Å².